The molecule has 17 heavy (non-hydrogen) atoms. The second-order valence-corrected chi connectivity index (χ2v) is 4.84. The third-order valence-corrected chi connectivity index (χ3v) is 3.72. The topological polar surface area (TPSA) is 26.3 Å². The lowest BCUT2D eigenvalue weighted by atomic mass is 9.95. The Balaban J connectivity index is 2.01. The number of esters is 1. The van der Waals surface area contributed by atoms with Crippen LogP contribution in [0.15, 0.2) is 24.3 Å². The summed E-state index contributed by atoms with van der Waals surface area (Å²) in [5.41, 5.74) is 1.86. The fourth-order valence-electron chi connectivity index (χ4n) is 2.71. The van der Waals surface area contributed by atoms with Crippen LogP contribution in [-0.2, 0) is 11.2 Å². The van der Waals surface area contributed by atoms with Crippen LogP contribution in [0, 0.1) is 5.92 Å². The Hall–Kier alpha value is -1.31. The highest BCUT2D eigenvalue weighted by molar-refractivity contribution is 5.90. The lowest BCUT2D eigenvalue weighted by Gasteiger charge is -2.11. The molecule has 92 valence electrons. The zero-order chi connectivity index (χ0) is 12.1. The van der Waals surface area contributed by atoms with Gasteiger partial charge in [-0.2, -0.15) is 0 Å². The van der Waals surface area contributed by atoms with E-state index in [-0.39, 0.29) is 5.97 Å². The van der Waals surface area contributed by atoms with Crippen molar-refractivity contribution in [3.63, 3.8) is 0 Å². The summed E-state index contributed by atoms with van der Waals surface area (Å²) in [6.45, 7) is 0. The molecule has 0 amide bonds. The summed E-state index contributed by atoms with van der Waals surface area (Å²) < 4.78 is 4.81. The van der Waals surface area contributed by atoms with Gasteiger partial charge >= 0.3 is 5.97 Å². The van der Waals surface area contributed by atoms with E-state index in [0.717, 1.165) is 23.5 Å². The number of methoxy groups -OCH3 is 1. The second-order valence-electron chi connectivity index (χ2n) is 4.84. The van der Waals surface area contributed by atoms with E-state index in [1.54, 1.807) is 0 Å². The molecule has 1 aliphatic rings. The fourth-order valence-corrected chi connectivity index (χ4v) is 2.71. The minimum absolute atomic E-state index is 0.216. The minimum atomic E-state index is -0.216. The van der Waals surface area contributed by atoms with Crippen LogP contribution >= 0.6 is 0 Å². The van der Waals surface area contributed by atoms with Gasteiger partial charge in [0.15, 0.2) is 0 Å². The van der Waals surface area contributed by atoms with Crippen molar-refractivity contribution in [1.29, 1.82) is 0 Å². The first kappa shape index (κ1) is 12.2. The number of aryl methyl sites for hydroxylation is 1. The van der Waals surface area contributed by atoms with E-state index >= 15 is 0 Å². The smallest absolute Gasteiger partial charge is 0.338 e. The van der Waals surface area contributed by atoms with Gasteiger partial charge in [-0.15, -0.1) is 0 Å². The Labute approximate surface area is 103 Å². The molecular formula is C15H20O2. The third-order valence-electron chi connectivity index (χ3n) is 3.72. The molecule has 0 aliphatic heterocycles. The maximum atomic E-state index is 11.6. The predicted molar refractivity (Wildman–Crippen MR) is 68.1 cm³/mol. The number of ether oxygens (including phenoxy) is 1. The summed E-state index contributed by atoms with van der Waals surface area (Å²) >= 11 is 0. The van der Waals surface area contributed by atoms with Crippen molar-refractivity contribution in [3.8, 4) is 0 Å². The summed E-state index contributed by atoms with van der Waals surface area (Å²) in [5.74, 6) is 0.646. The van der Waals surface area contributed by atoms with Crippen molar-refractivity contribution in [2.24, 2.45) is 5.92 Å². The Bertz CT molecular complexity index is 378. The summed E-state index contributed by atoms with van der Waals surface area (Å²) in [7, 11) is 1.44. The fraction of sp³-hybridized carbons (Fsp3) is 0.533. The van der Waals surface area contributed by atoms with Crippen molar-refractivity contribution in [1.82, 2.24) is 0 Å². The average Bonchev–Trinajstić information content (AvgIpc) is 2.89. The molecule has 0 atom stereocenters. The zero-order valence-corrected chi connectivity index (χ0v) is 10.4. The first-order valence-corrected chi connectivity index (χ1v) is 6.47. The molecule has 0 heterocycles. The van der Waals surface area contributed by atoms with Gasteiger partial charge in [-0.1, -0.05) is 43.9 Å². The molecule has 1 aromatic rings. The van der Waals surface area contributed by atoms with Crippen LogP contribution in [0.4, 0.5) is 0 Å². The number of rotatable bonds is 4. The van der Waals surface area contributed by atoms with Crippen LogP contribution in [0.5, 0.6) is 0 Å². The maximum absolute atomic E-state index is 11.6. The standard InChI is InChI=1S/C15H20O2/c1-17-15(16)14-9-5-4-8-13(14)11-10-12-6-2-3-7-12/h4-5,8-9,12H,2-3,6-7,10-11H2,1H3. The molecule has 2 rings (SSSR count). The van der Waals surface area contributed by atoms with Gasteiger partial charge in [0.2, 0.25) is 0 Å². The number of carbonyl (C=O) groups is 1. The first-order chi connectivity index (χ1) is 8.31. The van der Waals surface area contributed by atoms with Crippen molar-refractivity contribution >= 4 is 5.97 Å². The normalized spacial score (nSPS) is 16.1. The maximum Gasteiger partial charge on any atom is 0.338 e. The van der Waals surface area contributed by atoms with Crippen LogP contribution in [-0.4, -0.2) is 13.1 Å². The van der Waals surface area contributed by atoms with Crippen LogP contribution < -0.4 is 0 Å². The highest BCUT2D eigenvalue weighted by atomic mass is 16.5. The van der Waals surface area contributed by atoms with Gasteiger partial charge in [0.05, 0.1) is 12.7 Å². The van der Waals surface area contributed by atoms with Crippen LogP contribution in [0.3, 0.4) is 0 Å². The SMILES string of the molecule is COC(=O)c1ccccc1CCC1CCCC1. The van der Waals surface area contributed by atoms with Crippen LogP contribution in [0.1, 0.15) is 48.0 Å². The van der Waals surface area contributed by atoms with Gasteiger partial charge in [0, 0.05) is 0 Å². The van der Waals surface area contributed by atoms with E-state index in [1.807, 2.05) is 24.3 Å². The molecule has 0 unspecified atom stereocenters. The summed E-state index contributed by atoms with van der Waals surface area (Å²) in [6, 6.07) is 7.79. The molecule has 2 nitrogen and oxygen atoms in total. The van der Waals surface area contributed by atoms with Gasteiger partial charge in [-0.05, 0) is 30.4 Å². The molecular weight excluding hydrogens is 212 g/mol. The number of hydrogen-bond acceptors (Lipinski definition) is 2. The van der Waals surface area contributed by atoms with Crippen LogP contribution in [0.2, 0.25) is 0 Å². The van der Waals surface area contributed by atoms with Gasteiger partial charge in [0.1, 0.15) is 0 Å². The van der Waals surface area contributed by atoms with Gasteiger partial charge in [0.25, 0.3) is 0 Å². The lowest BCUT2D eigenvalue weighted by Crippen LogP contribution is -2.06. The predicted octanol–water partition coefficient (Wildman–Crippen LogP) is 3.60. The van der Waals surface area contributed by atoms with E-state index in [4.69, 9.17) is 4.74 Å². The van der Waals surface area contributed by atoms with E-state index in [9.17, 15) is 4.79 Å². The molecule has 2 heteroatoms. The van der Waals surface area contributed by atoms with Crippen molar-refractivity contribution in [2.45, 2.75) is 38.5 Å². The number of hydrogen-bond donors (Lipinski definition) is 0. The van der Waals surface area contributed by atoms with E-state index in [1.165, 1.54) is 39.2 Å². The lowest BCUT2D eigenvalue weighted by molar-refractivity contribution is 0.0599. The zero-order valence-electron chi connectivity index (χ0n) is 10.4. The van der Waals surface area contributed by atoms with Gasteiger partial charge < -0.3 is 4.74 Å². The van der Waals surface area contributed by atoms with Gasteiger partial charge in [-0.3, -0.25) is 0 Å². The monoisotopic (exact) mass is 232 g/mol. The quantitative estimate of drug-likeness (QED) is 0.741. The molecule has 0 saturated heterocycles. The van der Waals surface area contributed by atoms with Gasteiger partial charge in [-0.25, -0.2) is 4.79 Å². The third kappa shape index (κ3) is 3.09. The highest BCUT2D eigenvalue weighted by Crippen LogP contribution is 2.29. The van der Waals surface area contributed by atoms with E-state index in [2.05, 4.69) is 0 Å². The summed E-state index contributed by atoms with van der Waals surface area (Å²) in [5, 5.41) is 0. The Kier molecular flexibility index (Phi) is 4.18. The van der Waals surface area contributed by atoms with E-state index < -0.39 is 0 Å². The highest BCUT2D eigenvalue weighted by Gasteiger charge is 2.16. The second kappa shape index (κ2) is 5.85. The Morgan fingerprint density at radius 1 is 1.29 bits per heavy atom. The van der Waals surface area contributed by atoms with Crippen molar-refractivity contribution in [2.75, 3.05) is 7.11 Å². The van der Waals surface area contributed by atoms with Crippen molar-refractivity contribution < 1.29 is 9.53 Å². The Morgan fingerprint density at radius 2 is 2.00 bits per heavy atom. The molecule has 1 saturated carbocycles. The minimum Gasteiger partial charge on any atom is -0.465 e. The molecule has 1 aromatic carbocycles. The Morgan fingerprint density at radius 3 is 2.71 bits per heavy atom. The molecule has 0 aromatic heterocycles. The van der Waals surface area contributed by atoms with E-state index in [0.29, 0.717) is 0 Å². The van der Waals surface area contributed by atoms with Crippen LogP contribution in [0.25, 0.3) is 0 Å². The first-order valence-electron chi connectivity index (χ1n) is 6.47. The molecule has 0 spiro atoms. The van der Waals surface area contributed by atoms with Crippen molar-refractivity contribution in [3.05, 3.63) is 35.4 Å². The average molecular weight is 232 g/mol. The summed E-state index contributed by atoms with van der Waals surface area (Å²) in [4.78, 5) is 11.6. The summed E-state index contributed by atoms with van der Waals surface area (Å²) in [6.07, 6.45) is 7.68. The molecule has 1 aliphatic carbocycles. The molecule has 1 fully saturated rings. The molecule has 0 bridgehead atoms. The largest absolute Gasteiger partial charge is 0.465 e. The number of benzene rings is 1. The molecule has 0 N–H and O–H groups in total. The number of carbonyl (C=O) groups excluding carboxylic acids is 1. The molecule has 0 radical (unpaired) electrons.